The SMILES string of the molecule is C#CCNC(=O)C(N)C1C2CC3CC(C2)CC1C3. The summed E-state index contributed by atoms with van der Waals surface area (Å²) in [6.07, 6.45) is 11.8. The van der Waals surface area contributed by atoms with Gasteiger partial charge < -0.3 is 11.1 Å². The van der Waals surface area contributed by atoms with Crippen molar-refractivity contribution in [2.24, 2.45) is 35.3 Å². The van der Waals surface area contributed by atoms with E-state index < -0.39 is 0 Å². The summed E-state index contributed by atoms with van der Waals surface area (Å²) < 4.78 is 0. The van der Waals surface area contributed by atoms with E-state index in [4.69, 9.17) is 12.2 Å². The average molecular weight is 246 g/mol. The molecule has 4 aliphatic carbocycles. The lowest BCUT2D eigenvalue weighted by Gasteiger charge is -2.55. The van der Waals surface area contributed by atoms with Gasteiger partial charge in [-0.05, 0) is 61.7 Å². The van der Waals surface area contributed by atoms with E-state index in [-0.39, 0.29) is 11.9 Å². The minimum absolute atomic E-state index is 0.0505. The van der Waals surface area contributed by atoms with Crippen LogP contribution in [0.25, 0.3) is 0 Å². The molecule has 1 amide bonds. The molecular formula is C15H22N2O. The molecule has 18 heavy (non-hydrogen) atoms. The molecule has 4 aliphatic rings. The molecule has 4 fully saturated rings. The van der Waals surface area contributed by atoms with Gasteiger partial charge in [0, 0.05) is 0 Å². The fourth-order valence-corrected chi connectivity index (χ4v) is 4.98. The minimum Gasteiger partial charge on any atom is -0.344 e. The summed E-state index contributed by atoms with van der Waals surface area (Å²) in [4.78, 5) is 12.0. The van der Waals surface area contributed by atoms with Gasteiger partial charge in [-0.2, -0.15) is 0 Å². The Morgan fingerprint density at radius 1 is 1.22 bits per heavy atom. The molecule has 0 aromatic rings. The van der Waals surface area contributed by atoms with Crippen molar-refractivity contribution in [3.05, 3.63) is 0 Å². The molecule has 0 aromatic heterocycles. The molecule has 4 bridgehead atoms. The topological polar surface area (TPSA) is 55.1 Å². The van der Waals surface area contributed by atoms with Crippen molar-refractivity contribution in [3.63, 3.8) is 0 Å². The quantitative estimate of drug-likeness (QED) is 0.734. The number of amides is 1. The second-order valence-electron chi connectivity index (χ2n) is 6.46. The summed E-state index contributed by atoms with van der Waals surface area (Å²) in [5.74, 6) is 6.00. The Morgan fingerprint density at radius 3 is 2.28 bits per heavy atom. The lowest BCUT2D eigenvalue weighted by atomic mass is 9.50. The van der Waals surface area contributed by atoms with Gasteiger partial charge in [0.2, 0.25) is 5.91 Å². The van der Waals surface area contributed by atoms with Gasteiger partial charge in [-0.3, -0.25) is 4.79 Å². The maximum Gasteiger partial charge on any atom is 0.237 e. The Labute approximate surface area is 109 Å². The summed E-state index contributed by atoms with van der Waals surface area (Å²) in [5.41, 5.74) is 6.20. The Balaban J connectivity index is 1.69. The van der Waals surface area contributed by atoms with Crippen LogP contribution in [-0.4, -0.2) is 18.5 Å². The molecule has 3 nitrogen and oxygen atoms in total. The maximum absolute atomic E-state index is 12.0. The van der Waals surface area contributed by atoms with E-state index in [1.165, 1.54) is 32.1 Å². The zero-order chi connectivity index (χ0) is 12.7. The van der Waals surface area contributed by atoms with Gasteiger partial charge in [0.15, 0.2) is 0 Å². The van der Waals surface area contributed by atoms with E-state index in [0.29, 0.717) is 24.3 Å². The lowest BCUT2D eigenvalue weighted by molar-refractivity contribution is -0.128. The molecule has 1 unspecified atom stereocenters. The molecule has 3 N–H and O–H groups in total. The summed E-state index contributed by atoms with van der Waals surface area (Å²) in [6.45, 7) is 0.292. The number of hydrogen-bond donors (Lipinski definition) is 2. The predicted molar refractivity (Wildman–Crippen MR) is 70.4 cm³/mol. The first-order valence-electron chi connectivity index (χ1n) is 7.15. The number of rotatable bonds is 3. The van der Waals surface area contributed by atoms with E-state index in [2.05, 4.69) is 11.2 Å². The summed E-state index contributed by atoms with van der Waals surface area (Å²) in [7, 11) is 0. The van der Waals surface area contributed by atoms with Crippen LogP contribution in [0.4, 0.5) is 0 Å². The van der Waals surface area contributed by atoms with Crippen molar-refractivity contribution in [1.29, 1.82) is 0 Å². The molecule has 4 saturated carbocycles. The second-order valence-corrected chi connectivity index (χ2v) is 6.46. The van der Waals surface area contributed by atoms with Crippen LogP contribution < -0.4 is 11.1 Å². The third-order valence-corrected chi connectivity index (χ3v) is 5.38. The Morgan fingerprint density at radius 2 is 1.78 bits per heavy atom. The van der Waals surface area contributed by atoms with Crippen LogP contribution >= 0.6 is 0 Å². The number of hydrogen-bond acceptors (Lipinski definition) is 2. The zero-order valence-electron chi connectivity index (χ0n) is 10.8. The van der Waals surface area contributed by atoms with Crippen LogP contribution in [0.5, 0.6) is 0 Å². The number of nitrogens with two attached hydrogens (primary N) is 1. The molecule has 3 heteroatoms. The summed E-state index contributed by atoms with van der Waals surface area (Å²) in [6, 6.07) is -0.353. The van der Waals surface area contributed by atoms with Gasteiger partial charge >= 0.3 is 0 Å². The lowest BCUT2D eigenvalue weighted by Crippen LogP contribution is -2.56. The van der Waals surface area contributed by atoms with Crippen LogP contribution in [0.2, 0.25) is 0 Å². The monoisotopic (exact) mass is 246 g/mol. The van der Waals surface area contributed by atoms with Crippen molar-refractivity contribution in [3.8, 4) is 12.3 Å². The first kappa shape index (κ1) is 12.0. The number of nitrogens with one attached hydrogen (secondary N) is 1. The Kier molecular flexibility index (Phi) is 3.07. The third-order valence-electron chi connectivity index (χ3n) is 5.38. The van der Waals surface area contributed by atoms with Gasteiger partial charge in [-0.25, -0.2) is 0 Å². The highest BCUT2D eigenvalue weighted by atomic mass is 16.2. The molecule has 4 rings (SSSR count). The van der Waals surface area contributed by atoms with Crippen molar-refractivity contribution >= 4 is 5.91 Å². The van der Waals surface area contributed by atoms with Gasteiger partial charge in [0.05, 0.1) is 12.6 Å². The molecule has 1 atom stereocenters. The van der Waals surface area contributed by atoms with Crippen LogP contribution in [0.3, 0.4) is 0 Å². The van der Waals surface area contributed by atoms with Gasteiger partial charge in [-0.1, -0.05) is 5.92 Å². The van der Waals surface area contributed by atoms with Crippen molar-refractivity contribution in [1.82, 2.24) is 5.32 Å². The largest absolute Gasteiger partial charge is 0.344 e. The highest BCUT2D eigenvalue weighted by Gasteiger charge is 2.50. The molecule has 98 valence electrons. The predicted octanol–water partition coefficient (Wildman–Crippen LogP) is 1.14. The normalized spacial score (nSPS) is 42.3. The molecule has 0 saturated heterocycles. The minimum atomic E-state index is -0.353. The van der Waals surface area contributed by atoms with Gasteiger partial charge in [-0.15, -0.1) is 6.42 Å². The second kappa shape index (κ2) is 4.59. The maximum atomic E-state index is 12.0. The molecule has 0 heterocycles. The van der Waals surface area contributed by atoms with E-state index in [0.717, 1.165) is 11.8 Å². The fourth-order valence-electron chi connectivity index (χ4n) is 4.98. The number of carbonyl (C=O) groups excluding carboxylic acids is 1. The van der Waals surface area contributed by atoms with Crippen LogP contribution in [0, 0.1) is 41.9 Å². The first-order valence-corrected chi connectivity index (χ1v) is 7.15. The molecular weight excluding hydrogens is 224 g/mol. The van der Waals surface area contributed by atoms with Crippen LogP contribution in [-0.2, 0) is 4.79 Å². The van der Waals surface area contributed by atoms with E-state index >= 15 is 0 Å². The van der Waals surface area contributed by atoms with Crippen molar-refractivity contribution in [2.45, 2.75) is 38.1 Å². The smallest absolute Gasteiger partial charge is 0.237 e. The first-order chi connectivity index (χ1) is 8.69. The highest BCUT2D eigenvalue weighted by molar-refractivity contribution is 5.82. The number of carbonyl (C=O) groups is 1. The van der Waals surface area contributed by atoms with Gasteiger partial charge in [0.1, 0.15) is 0 Å². The summed E-state index contributed by atoms with van der Waals surface area (Å²) >= 11 is 0. The zero-order valence-corrected chi connectivity index (χ0v) is 10.8. The number of terminal acetylenes is 1. The van der Waals surface area contributed by atoms with Crippen LogP contribution in [0.1, 0.15) is 32.1 Å². The standard InChI is InChI=1S/C15H22N2O/c1-2-3-17-15(18)14(16)13-11-5-9-4-10(7-11)8-12(13)6-9/h1,9-14H,3-8,16H2,(H,17,18). The molecule has 0 aliphatic heterocycles. The molecule has 0 aromatic carbocycles. The van der Waals surface area contributed by atoms with E-state index in [9.17, 15) is 4.79 Å². The molecule has 0 radical (unpaired) electrons. The van der Waals surface area contributed by atoms with E-state index in [1.807, 2.05) is 0 Å². The van der Waals surface area contributed by atoms with Crippen molar-refractivity contribution < 1.29 is 4.79 Å². The van der Waals surface area contributed by atoms with E-state index in [1.54, 1.807) is 0 Å². The average Bonchev–Trinajstić information content (AvgIpc) is 2.34. The van der Waals surface area contributed by atoms with Crippen molar-refractivity contribution in [2.75, 3.05) is 6.54 Å². The van der Waals surface area contributed by atoms with Gasteiger partial charge in [0.25, 0.3) is 0 Å². The highest BCUT2D eigenvalue weighted by Crippen LogP contribution is 2.57. The summed E-state index contributed by atoms with van der Waals surface area (Å²) in [5, 5.41) is 2.74. The Hall–Kier alpha value is -1.01. The third kappa shape index (κ3) is 1.93. The van der Waals surface area contributed by atoms with Crippen LogP contribution in [0.15, 0.2) is 0 Å². The fraction of sp³-hybridized carbons (Fsp3) is 0.800. The molecule has 0 spiro atoms. The Bertz CT molecular complexity index is 356.